The van der Waals surface area contributed by atoms with Gasteiger partial charge in [-0.1, -0.05) is 24.3 Å². The molecule has 1 atom stereocenters. The van der Waals surface area contributed by atoms with Crippen LogP contribution in [0.5, 0.6) is 0 Å². The number of carbonyl (C=O) groups is 1. The maximum absolute atomic E-state index is 12.0. The SMILES string of the molecule is NC(=S)NNC(=O)C1CCCc2ccccc21. The predicted octanol–water partition coefficient (Wildman–Crippen LogP) is 0.971. The Hall–Kier alpha value is -1.62. The van der Waals surface area contributed by atoms with Crippen molar-refractivity contribution in [2.24, 2.45) is 5.73 Å². The highest BCUT2D eigenvalue weighted by Gasteiger charge is 2.25. The molecule has 4 nitrogen and oxygen atoms in total. The van der Waals surface area contributed by atoms with Crippen LogP contribution in [0, 0.1) is 0 Å². The summed E-state index contributed by atoms with van der Waals surface area (Å²) in [6.07, 6.45) is 2.94. The summed E-state index contributed by atoms with van der Waals surface area (Å²) in [6.45, 7) is 0. The van der Waals surface area contributed by atoms with Gasteiger partial charge in [0.1, 0.15) is 0 Å². The highest BCUT2D eigenvalue weighted by atomic mass is 32.1. The number of nitrogens with two attached hydrogens (primary N) is 1. The van der Waals surface area contributed by atoms with Crippen LogP contribution in [0.3, 0.4) is 0 Å². The largest absolute Gasteiger partial charge is 0.375 e. The Bertz CT molecular complexity index is 447. The average Bonchev–Trinajstić information content (AvgIpc) is 2.35. The van der Waals surface area contributed by atoms with E-state index in [9.17, 15) is 4.79 Å². The van der Waals surface area contributed by atoms with Crippen molar-refractivity contribution < 1.29 is 4.79 Å². The lowest BCUT2D eigenvalue weighted by atomic mass is 9.82. The fourth-order valence-corrected chi connectivity index (χ4v) is 2.29. The first-order valence-corrected chi connectivity index (χ1v) is 6.02. The highest BCUT2D eigenvalue weighted by molar-refractivity contribution is 7.80. The Balaban J connectivity index is 2.12. The van der Waals surface area contributed by atoms with Gasteiger partial charge in [-0.05, 0) is 42.6 Å². The normalized spacial score (nSPS) is 18.0. The molecule has 0 bridgehead atoms. The van der Waals surface area contributed by atoms with Crippen molar-refractivity contribution in [2.45, 2.75) is 25.2 Å². The van der Waals surface area contributed by atoms with E-state index in [1.165, 1.54) is 5.56 Å². The van der Waals surface area contributed by atoms with Crippen LogP contribution in [-0.2, 0) is 11.2 Å². The maximum atomic E-state index is 12.0. The number of rotatable bonds is 1. The lowest BCUT2D eigenvalue weighted by molar-refractivity contribution is -0.123. The van der Waals surface area contributed by atoms with E-state index in [1.807, 2.05) is 18.2 Å². The van der Waals surface area contributed by atoms with Gasteiger partial charge in [0.15, 0.2) is 5.11 Å². The molecular weight excluding hydrogens is 234 g/mol. The summed E-state index contributed by atoms with van der Waals surface area (Å²) in [5.74, 6) is -0.188. The Morgan fingerprint density at radius 1 is 1.35 bits per heavy atom. The third kappa shape index (κ3) is 2.74. The van der Waals surface area contributed by atoms with E-state index >= 15 is 0 Å². The van der Waals surface area contributed by atoms with Crippen molar-refractivity contribution in [3.63, 3.8) is 0 Å². The molecule has 0 spiro atoms. The minimum absolute atomic E-state index is 0.0717. The molecule has 1 amide bonds. The zero-order valence-electron chi connectivity index (χ0n) is 9.40. The van der Waals surface area contributed by atoms with Crippen molar-refractivity contribution in [3.05, 3.63) is 35.4 Å². The number of fused-ring (bicyclic) bond motifs is 1. The van der Waals surface area contributed by atoms with Gasteiger partial charge >= 0.3 is 0 Å². The van der Waals surface area contributed by atoms with E-state index in [4.69, 9.17) is 5.73 Å². The lowest BCUT2D eigenvalue weighted by Gasteiger charge is -2.24. The second-order valence-corrected chi connectivity index (χ2v) is 4.56. The molecule has 0 saturated heterocycles. The fourth-order valence-electron chi connectivity index (χ4n) is 2.24. The van der Waals surface area contributed by atoms with Crippen LogP contribution in [0.4, 0.5) is 0 Å². The first kappa shape index (κ1) is 11.9. The van der Waals surface area contributed by atoms with Crippen LogP contribution >= 0.6 is 12.2 Å². The molecule has 0 fully saturated rings. The first-order chi connectivity index (χ1) is 8.18. The Morgan fingerprint density at radius 2 is 2.12 bits per heavy atom. The number of nitrogens with one attached hydrogen (secondary N) is 2. The molecule has 90 valence electrons. The Morgan fingerprint density at radius 3 is 2.88 bits per heavy atom. The molecule has 0 radical (unpaired) electrons. The van der Waals surface area contributed by atoms with Crippen LogP contribution in [-0.4, -0.2) is 11.0 Å². The van der Waals surface area contributed by atoms with Gasteiger partial charge in [0.25, 0.3) is 0 Å². The molecule has 17 heavy (non-hydrogen) atoms. The zero-order chi connectivity index (χ0) is 12.3. The number of hydrazine groups is 1. The lowest BCUT2D eigenvalue weighted by Crippen LogP contribution is -2.46. The standard InChI is InChI=1S/C12H15N3OS/c13-12(17)15-14-11(16)10-7-3-5-8-4-1-2-6-9(8)10/h1-2,4,6,10H,3,5,7H2,(H,14,16)(H3,13,15,17). The van der Waals surface area contributed by atoms with Crippen molar-refractivity contribution in [1.29, 1.82) is 0 Å². The second kappa shape index (κ2) is 5.14. The van der Waals surface area contributed by atoms with E-state index in [-0.39, 0.29) is 16.9 Å². The van der Waals surface area contributed by atoms with Gasteiger partial charge in [0.2, 0.25) is 5.91 Å². The second-order valence-electron chi connectivity index (χ2n) is 4.12. The van der Waals surface area contributed by atoms with Crippen LogP contribution in [0.15, 0.2) is 24.3 Å². The van der Waals surface area contributed by atoms with Gasteiger partial charge in [0.05, 0.1) is 5.92 Å². The summed E-state index contributed by atoms with van der Waals surface area (Å²) in [6, 6.07) is 8.06. The van der Waals surface area contributed by atoms with E-state index in [1.54, 1.807) is 0 Å². The van der Waals surface area contributed by atoms with Crippen LogP contribution in [0.2, 0.25) is 0 Å². The van der Waals surface area contributed by atoms with E-state index in [2.05, 4.69) is 29.1 Å². The van der Waals surface area contributed by atoms with E-state index in [0.717, 1.165) is 24.8 Å². The molecule has 0 saturated carbocycles. The molecule has 1 aliphatic rings. The Kier molecular flexibility index (Phi) is 3.58. The molecule has 2 rings (SSSR count). The van der Waals surface area contributed by atoms with Gasteiger partial charge in [-0.2, -0.15) is 0 Å². The maximum Gasteiger partial charge on any atom is 0.245 e. The summed E-state index contributed by atoms with van der Waals surface area (Å²) in [7, 11) is 0. The predicted molar refractivity (Wildman–Crippen MR) is 70.2 cm³/mol. The van der Waals surface area contributed by atoms with Crippen molar-refractivity contribution >= 4 is 23.2 Å². The molecule has 0 aliphatic heterocycles. The molecule has 0 heterocycles. The minimum atomic E-state index is -0.109. The number of benzene rings is 1. The Labute approximate surface area is 106 Å². The monoisotopic (exact) mass is 249 g/mol. The molecule has 1 aromatic carbocycles. The number of amides is 1. The quantitative estimate of drug-likeness (QED) is 0.512. The van der Waals surface area contributed by atoms with Crippen LogP contribution in [0.25, 0.3) is 0 Å². The molecule has 5 heteroatoms. The summed E-state index contributed by atoms with van der Waals surface area (Å²) in [5, 5.41) is 0.0717. The number of carbonyl (C=O) groups excluding carboxylic acids is 1. The fraction of sp³-hybridized carbons (Fsp3) is 0.333. The first-order valence-electron chi connectivity index (χ1n) is 5.61. The topological polar surface area (TPSA) is 67.2 Å². The minimum Gasteiger partial charge on any atom is -0.375 e. The third-order valence-electron chi connectivity index (χ3n) is 2.99. The van der Waals surface area contributed by atoms with Crippen molar-refractivity contribution in [3.8, 4) is 0 Å². The summed E-state index contributed by atoms with van der Waals surface area (Å²) in [5.41, 5.74) is 12.7. The third-order valence-corrected chi connectivity index (χ3v) is 3.10. The van der Waals surface area contributed by atoms with Gasteiger partial charge < -0.3 is 5.73 Å². The van der Waals surface area contributed by atoms with Crippen molar-refractivity contribution in [2.75, 3.05) is 0 Å². The number of hydrogen-bond acceptors (Lipinski definition) is 2. The van der Waals surface area contributed by atoms with Crippen LogP contribution < -0.4 is 16.6 Å². The molecule has 1 aromatic rings. The zero-order valence-corrected chi connectivity index (χ0v) is 10.2. The van der Waals surface area contributed by atoms with Gasteiger partial charge in [0, 0.05) is 0 Å². The molecular formula is C12H15N3OS. The summed E-state index contributed by atoms with van der Waals surface area (Å²) in [4.78, 5) is 12.0. The average molecular weight is 249 g/mol. The number of thiocarbonyl (C=S) groups is 1. The van der Waals surface area contributed by atoms with E-state index in [0.29, 0.717) is 0 Å². The molecule has 0 aromatic heterocycles. The number of aryl methyl sites for hydroxylation is 1. The summed E-state index contributed by atoms with van der Waals surface area (Å²) >= 11 is 4.65. The molecule has 1 aliphatic carbocycles. The highest BCUT2D eigenvalue weighted by Crippen LogP contribution is 2.31. The van der Waals surface area contributed by atoms with Gasteiger partial charge in [-0.3, -0.25) is 15.6 Å². The van der Waals surface area contributed by atoms with E-state index < -0.39 is 0 Å². The molecule has 4 N–H and O–H groups in total. The van der Waals surface area contributed by atoms with Crippen molar-refractivity contribution in [1.82, 2.24) is 10.9 Å². The number of hydrogen-bond donors (Lipinski definition) is 3. The van der Waals surface area contributed by atoms with Gasteiger partial charge in [-0.25, -0.2) is 0 Å². The van der Waals surface area contributed by atoms with Crippen LogP contribution in [0.1, 0.15) is 29.9 Å². The summed E-state index contributed by atoms with van der Waals surface area (Å²) < 4.78 is 0. The molecule has 1 unspecified atom stereocenters. The smallest absolute Gasteiger partial charge is 0.245 e. The van der Waals surface area contributed by atoms with Gasteiger partial charge in [-0.15, -0.1) is 0 Å².